The van der Waals surface area contributed by atoms with Crippen LogP contribution in [0.5, 0.6) is 0 Å². The quantitative estimate of drug-likeness (QED) is 0.844. The number of nitrogens with zero attached hydrogens (tertiary/aromatic N) is 1. The van der Waals surface area contributed by atoms with Crippen LogP contribution in [0.2, 0.25) is 0 Å². The van der Waals surface area contributed by atoms with Crippen LogP contribution in [0.4, 0.5) is 0 Å². The maximum absolute atomic E-state index is 12.3. The van der Waals surface area contributed by atoms with Crippen LogP contribution in [0, 0.1) is 0 Å². The van der Waals surface area contributed by atoms with Crippen molar-refractivity contribution in [2.45, 2.75) is 12.5 Å². The van der Waals surface area contributed by atoms with Crippen LogP contribution >= 0.6 is 15.9 Å². The highest BCUT2D eigenvalue weighted by Gasteiger charge is 2.28. The number of hydrogen-bond acceptors (Lipinski definition) is 3. The van der Waals surface area contributed by atoms with Gasteiger partial charge in [0.05, 0.1) is 12.1 Å². The van der Waals surface area contributed by atoms with Crippen LogP contribution < -0.4 is 5.32 Å². The number of halogens is 1. The van der Waals surface area contributed by atoms with Crippen molar-refractivity contribution in [3.63, 3.8) is 0 Å². The summed E-state index contributed by atoms with van der Waals surface area (Å²) in [6.07, 6.45) is 1.55. The first kappa shape index (κ1) is 14.7. The highest BCUT2D eigenvalue weighted by molar-refractivity contribution is 9.10. The van der Waals surface area contributed by atoms with E-state index in [0.29, 0.717) is 10.2 Å². The Morgan fingerprint density at radius 3 is 2.65 bits per heavy atom. The number of hydrogen-bond donors (Lipinski definition) is 2. The minimum Gasteiger partial charge on any atom is -0.394 e. The Labute approximate surface area is 126 Å². The molecule has 1 aromatic carbocycles. The molecule has 0 fully saturated rings. The lowest BCUT2D eigenvalue weighted by Crippen LogP contribution is -2.46. The molecular weight excluding hydrogens is 320 g/mol. The summed E-state index contributed by atoms with van der Waals surface area (Å²) in [5.74, 6) is -0.256. The van der Waals surface area contributed by atoms with Gasteiger partial charge in [-0.25, -0.2) is 4.98 Å². The van der Waals surface area contributed by atoms with E-state index in [9.17, 15) is 9.90 Å². The van der Waals surface area contributed by atoms with Crippen molar-refractivity contribution in [2.24, 2.45) is 0 Å². The summed E-state index contributed by atoms with van der Waals surface area (Å²) >= 11 is 3.23. The highest BCUT2D eigenvalue weighted by atomic mass is 79.9. The number of aromatic nitrogens is 1. The third kappa shape index (κ3) is 3.23. The Morgan fingerprint density at radius 2 is 2.05 bits per heavy atom. The molecule has 1 heterocycles. The molecule has 20 heavy (non-hydrogen) atoms. The lowest BCUT2D eigenvalue weighted by molar-refractivity contribution is 0.0849. The molecule has 0 bridgehead atoms. The summed E-state index contributed by atoms with van der Waals surface area (Å²) in [4.78, 5) is 16.3. The average Bonchev–Trinajstić information content (AvgIpc) is 2.48. The molecule has 1 amide bonds. The Bertz CT molecular complexity index is 604. The van der Waals surface area contributed by atoms with Gasteiger partial charge >= 0.3 is 0 Å². The topological polar surface area (TPSA) is 62.2 Å². The van der Waals surface area contributed by atoms with E-state index in [4.69, 9.17) is 0 Å². The zero-order chi connectivity index (χ0) is 14.6. The van der Waals surface area contributed by atoms with Crippen molar-refractivity contribution in [2.75, 3.05) is 6.61 Å². The molecule has 2 aromatic rings. The van der Waals surface area contributed by atoms with Crippen LogP contribution in [-0.4, -0.2) is 22.6 Å². The van der Waals surface area contributed by atoms with Gasteiger partial charge in [0.25, 0.3) is 5.91 Å². The first-order valence-corrected chi connectivity index (χ1v) is 6.95. The first-order valence-electron chi connectivity index (χ1n) is 6.15. The molecule has 104 valence electrons. The van der Waals surface area contributed by atoms with Crippen LogP contribution in [0.3, 0.4) is 0 Å². The molecule has 1 aromatic heterocycles. The molecule has 5 heteroatoms. The number of nitrogens with one attached hydrogen (secondary N) is 1. The highest BCUT2D eigenvalue weighted by Crippen LogP contribution is 2.20. The third-order valence-electron chi connectivity index (χ3n) is 3.11. The van der Waals surface area contributed by atoms with Crippen molar-refractivity contribution in [1.82, 2.24) is 10.3 Å². The zero-order valence-corrected chi connectivity index (χ0v) is 12.6. The fourth-order valence-corrected chi connectivity index (χ4v) is 2.24. The van der Waals surface area contributed by atoms with E-state index in [1.165, 1.54) is 0 Å². The number of benzene rings is 1. The van der Waals surface area contributed by atoms with E-state index in [2.05, 4.69) is 26.2 Å². The summed E-state index contributed by atoms with van der Waals surface area (Å²) in [6, 6.07) is 12.7. The van der Waals surface area contributed by atoms with Gasteiger partial charge in [0.15, 0.2) is 0 Å². The van der Waals surface area contributed by atoms with Gasteiger partial charge in [0.1, 0.15) is 4.60 Å². The lowest BCUT2D eigenvalue weighted by atomic mass is 9.92. The molecule has 1 unspecified atom stereocenters. The molecule has 2 N–H and O–H groups in total. The van der Waals surface area contributed by atoms with Crippen molar-refractivity contribution in [1.29, 1.82) is 0 Å². The number of carbonyl (C=O) groups is 1. The Morgan fingerprint density at radius 1 is 1.35 bits per heavy atom. The minimum atomic E-state index is -0.825. The smallest absolute Gasteiger partial charge is 0.252 e. The number of aliphatic hydroxyl groups is 1. The number of amides is 1. The molecule has 0 saturated heterocycles. The summed E-state index contributed by atoms with van der Waals surface area (Å²) in [6.45, 7) is 1.60. The van der Waals surface area contributed by atoms with Crippen molar-refractivity contribution >= 4 is 21.8 Å². The SMILES string of the molecule is CC(CO)(NC(=O)c1ccnc(Br)c1)c1ccccc1. The maximum atomic E-state index is 12.3. The van der Waals surface area contributed by atoms with Gasteiger partial charge in [-0.05, 0) is 40.5 Å². The van der Waals surface area contributed by atoms with Gasteiger partial charge in [-0.1, -0.05) is 30.3 Å². The van der Waals surface area contributed by atoms with Crippen molar-refractivity contribution in [3.8, 4) is 0 Å². The molecule has 0 radical (unpaired) electrons. The van der Waals surface area contributed by atoms with E-state index in [0.717, 1.165) is 5.56 Å². The Kier molecular flexibility index (Phi) is 4.52. The monoisotopic (exact) mass is 334 g/mol. The largest absolute Gasteiger partial charge is 0.394 e. The number of aliphatic hydroxyl groups excluding tert-OH is 1. The van der Waals surface area contributed by atoms with Crippen LogP contribution in [-0.2, 0) is 5.54 Å². The van der Waals surface area contributed by atoms with Gasteiger partial charge in [0.2, 0.25) is 0 Å². The normalized spacial score (nSPS) is 13.6. The van der Waals surface area contributed by atoms with Crippen molar-refractivity contribution < 1.29 is 9.90 Å². The molecular formula is C15H15BrN2O2. The fraction of sp³-hybridized carbons (Fsp3) is 0.200. The molecule has 0 saturated carbocycles. The molecule has 0 spiro atoms. The van der Waals surface area contributed by atoms with Crippen LogP contribution in [0.1, 0.15) is 22.8 Å². The van der Waals surface area contributed by atoms with E-state index < -0.39 is 5.54 Å². The second kappa shape index (κ2) is 6.15. The fourth-order valence-electron chi connectivity index (χ4n) is 1.88. The van der Waals surface area contributed by atoms with E-state index >= 15 is 0 Å². The zero-order valence-electron chi connectivity index (χ0n) is 11.0. The van der Waals surface area contributed by atoms with Crippen LogP contribution in [0.15, 0.2) is 53.3 Å². The van der Waals surface area contributed by atoms with Crippen molar-refractivity contribution in [3.05, 3.63) is 64.4 Å². The van der Waals surface area contributed by atoms with Gasteiger partial charge < -0.3 is 10.4 Å². The Balaban J connectivity index is 2.24. The van der Waals surface area contributed by atoms with Gasteiger partial charge in [-0.15, -0.1) is 0 Å². The average molecular weight is 335 g/mol. The number of pyridine rings is 1. The van der Waals surface area contributed by atoms with E-state index in [-0.39, 0.29) is 12.5 Å². The molecule has 2 rings (SSSR count). The first-order chi connectivity index (χ1) is 9.55. The van der Waals surface area contributed by atoms with Gasteiger partial charge in [-0.2, -0.15) is 0 Å². The molecule has 0 aliphatic heterocycles. The summed E-state index contributed by atoms with van der Waals surface area (Å²) in [5.41, 5.74) is 0.514. The molecule has 0 aliphatic carbocycles. The van der Waals surface area contributed by atoms with Crippen LogP contribution in [0.25, 0.3) is 0 Å². The summed E-state index contributed by atoms with van der Waals surface area (Å²) in [7, 11) is 0. The molecule has 0 aliphatic rings. The summed E-state index contributed by atoms with van der Waals surface area (Å²) < 4.78 is 0.593. The Hall–Kier alpha value is -1.72. The summed E-state index contributed by atoms with van der Waals surface area (Å²) in [5, 5.41) is 12.5. The van der Waals surface area contributed by atoms with E-state index in [1.807, 2.05) is 30.3 Å². The lowest BCUT2D eigenvalue weighted by Gasteiger charge is -2.29. The molecule has 4 nitrogen and oxygen atoms in total. The van der Waals surface area contributed by atoms with E-state index in [1.54, 1.807) is 25.3 Å². The molecule has 1 atom stereocenters. The van der Waals surface area contributed by atoms with Gasteiger partial charge in [0, 0.05) is 11.8 Å². The number of carbonyl (C=O) groups excluding carboxylic acids is 1. The standard InChI is InChI=1S/C15H15BrN2O2/c1-15(10-19,12-5-3-2-4-6-12)18-14(20)11-7-8-17-13(16)9-11/h2-9,19H,10H2,1H3,(H,18,20). The predicted octanol–water partition coefficient (Wildman–Crippen LogP) is 2.48. The second-order valence-electron chi connectivity index (χ2n) is 4.68. The second-order valence-corrected chi connectivity index (χ2v) is 5.49. The maximum Gasteiger partial charge on any atom is 0.252 e. The number of rotatable bonds is 4. The predicted molar refractivity (Wildman–Crippen MR) is 80.3 cm³/mol. The van der Waals surface area contributed by atoms with Gasteiger partial charge in [-0.3, -0.25) is 4.79 Å². The third-order valence-corrected chi connectivity index (χ3v) is 3.54. The minimum absolute atomic E-state index is 0.186.